The lowest BCUT2D eigenvalue weighted by molar-refractivity contribution is 0.256. The SMILES string of the molecule is Cc1cc(CNc2ccc3c(=O)n(-c4ccc(NC(=O)NS(=O)(=O)c5ccc(Cl)s5)cc4)c(=O)[nH]c3c2)n(C)n1. The van der Waals surface area contributed by atoms with Crippen LogP contribution < -0.4 is 26.6 Å². The van der Waals surface area contributed by atoms with Gasteiger partial charge >= 0.3 is 11.7 Å². The zero-order valence-electron chi connectivity index (χ0n) is 21.1. The third-order valence-electron chi connectivity index (χ3n) is 5.89. The number of halogens is 1. The van der Waals surface area contributed by atoms with Gasteiger partial charge in [-0.15, -0.1) is 11.3 Å². The summed E-state index contributed by atoms with van der Waals surface area (Å²) < 4.78 is 29.4. The molecule has 0 fully saturated rings. The minimum Gasteiger partial charge on any atom is -0.379 e. The smallest absolute Gasteiger partial charge is 0.333 e. The van der Waals surface area contributed by atoms with Crippen molar-refractivity contribution >= 4 is 61.3 Å². The Hall–Kier alpha value is -4.40. The number of fused-ring (bicyclic) bond motifs is 1. The Morgan fingerprint density at radius 2 is 1.77 bits per heavy atom. The Morgan fingerprint density at radius 3 is 2.42 bits per heavy atom. The third kappa shape index (κ3) is 5.64. The Morgan fingerprint density at radius 1 is 1.05 bits per heavy atom. The molecular formula is C25H22ClN7O5S2. The van der Waals surface area contributed by atoms with E-state index >= 15 is 0 Å². The van der Waals surface area contributed by atoms with E-state index in [9.17, 15) is 22.8 Å². The molecule has 0 saturated heterocycles. The number of sulfonamides is 1. The summed E-state index contributed by atoms with van der Waals surface area (Å²) >= 11 is 6.58. The topological polar surface area (TPSA) is 160 Å². The van der Waals surface area contributed by atoms with Crippen molar-refractivity contribution in [3.8, 4) is 5.69 Å². The highest BCUT2D eigenvalue weighted by Crippen LogP contribution is 2.25. The zero-order valence-corrected chi connectivity index (χ0v) is 23.4. The van der Waals surface area contributed by atoms with Gasteiger partial charge in [0.2, 0.25) is 0 Å². The van der Waals surface area contributed by atoms with E-state index in [0.29, 0.717) is 17.4 Å². The molecule has 12 nitrogen and oxygen atoms in total. The van der Waals surface area contributed by atoms with Crippen LogP contribution in [-0.2, 0) is 23.6 Å². The van der Waals surface area contributed by atoms with Crippen molar-refractivity contribution < 1.29 is 13.2 Å². The maximum absolute atomic E-state index is 13.2. The van der Waals surface area contributed by atoms with Crippen LogP contribution in [0, 0.1) is 6.92 Å². The number of nitrogens with zero attached hydrogens (tertiary/aromatic N) is 3. The first kappa shape index (κ1) is 27.2. The molecule has 15 heteroatoms. The summed E-state index contributed by atoms with van der Waals surface area (Å²) in [4.78, 5) is 41.0. The standard InChI is InChI=1S/C25H22ClN7O5S2/c1-14-11-18(32(2)30-14)13-27-16-5-8-19-20(12-16)29-25(36)33(23(19)34)17-6-3-15(4-7-17)28-24(35)31-40(37,38)22-10-9-21(26)39-22/h3-12,27H,13H2,1-2H3,(H,29,36)(H2,28,31,35). The number of H-pyrrole nitrogens is 1. The molecule has 2 aromatic carbocycles. The first-order valence-corrected chi connectivity index (χ1v) is 14.4. The predicted molar refractivity (Wildman–Crippen MR) is 154 cm³/mol. The number of carbonyl (C=O) groups excluding carboxylic acids is 1. The fraction of sp³-hybridized carbons (Fsp3) is 0.120. The molecule has 0 aliphatic carbocycles. The number of urea groups is 1. The number of hydrogen-bond donors (Lipinski definition) is 4. The molecule has 0 atom stereocenters. The summed E-state index contributed by atoms with van der Waals surface area (Å²) in [5.74, 6) is 0. The fourth-order valence-corrected chi connectivity index (χ4v) is 6.44. The van der Waals surface area contributed by atoms with Crippen LogP contribution in [0.2, 0.25) is 4.34 Å². The minimum absolute atomic E-state index is 0.107. The lowest BCUT2D eigenvalue weighted by atomic mass is 10.2. The molecule has 5 aromatic rings. The van der Waals surface area contributed by atoms with Crippen LogP contribution >= 0.6 is 22.9 Å². The molecule has 0 aliphatic heterocycles. The molecule has 3 aromatic heterocycles. The monoisotopic (exact) mass is 599 g/mol. The van der Waals surface area contributed by atoms with Crippen molar-refractivity contribution in [1.29, 1.82) is 0 Å². The largest absolute Gasteiger partial charge is 0.379 e. The van der Waals surface area contributed by atoms with Gasteiger partial charge in [-0.3, -0.25) is 9.48 Å². The van der Waals surface area contributed by atoms with E-state index in [-0.39, 0.29) is 19.9 Å². The van der Waals surface area contributed by atoms with Crippen molar-refractivity contribution in [2.24, 2.45) is 7.05 Å². The minimum atomic E-state index is -4.09. The number of aromatic amines is 1. The number of anilines is 2. The number of carbonyl (C=O) groups is 1. The van der Waals surface area contributed by atoms with Gasteiger partial charge in [0.1, 0.15) is 4.21 Å². The van der Waals surface area contributed by atoms with Crippen LogP contribution in [0.1, 0.15) is 11.4 Å². The molecule has 4 N–H and O–H groups in total. The number of nitrogens with one attached hydrogen (secondary N) is 4. The average Bonchev–Trinajstić information content (AvgIpc) is 3.47. The summed E-state index contributed by atoms with van der Waals surface area (Å²) in [7, 11) is -2.23. The van der Waals surface area contributed by atoms with E-state index in [0.717, 1.165) is 33.0 Å². The number of thiophene rings is 1. The summed E-state index contributed by atoms with van der Waals surface area (Å²) in [6.07, 6.45) is 0. The zero-order chi connectivity index (χ0) is 28.6. The van der Waals surface area contributed by atoms with Crippen LogP contribution in [0.5, 0.6) is 0 Å². The average molecular weight is 600 g/mol. The molecule has 5 rings (SSSR count). The van der Waals surface area contributed by atoms with Gasteiger partial charge in [0.25, 0.3) is 15.6 Å². The maximum atomic E-state index is 13.2. The summed E-state index contributed by atoms with van der Waals surface area (Å²) in [5, 5.41) is 10.3. The number of hydrogen-bond acceptors (Lipinski definition) is 8. The van der Waals surface area contributed by atoms with Crippen LogP contribution in [0.3, 0.4) is 0 Å². The number of aryl methyl sites for hydroxylation is 2. The van der Waals surface area contributed by atoms with Crippen LogP contribution in [-0.4, -0.2) is 33.8 Å². The van der Waals surface area contributed by atoms with E-state index in [1.807, 2.05) is 24.8 Å². The lowest BCUT2D eigenvalue weighted by Gasteiger charge is -2.11. The number of aromatic nitrogens is 4. The summed E-state index contributed by atoms with van der Waals surface area (Å²) in [5.41, 5.74) is 2.31. The molecular weight excluding hydrogens is 578 g/mol. The second kappa shape index (κ2) is 10.6. The van der Waals surface area contributed by atoms with Gasteiger partial charge < -0.3 is 15.6 Å². The number of rotatable bonds is 7. The molecule has 0 bridgehead atoms. The molecule has 0 unspecified atom stereocenters. The van der Waals surface area contributed by atoms with E-state index < -0.39 is 27.3 Å². The van der Waals surface area contributed by atoms with Gasteiger partial charge in [-0.2, -0.15) is 5.10 Å². The lowest BCUT2D eigenvalue weighted by Crippen LogP contribution is -2.34. The van der Waals surface area contributed by atoms with Crippen molar-refractivity contribution in [2.75, 3.05) is 10.6 Å². The number of amides is 2. The predicted octanol–water partition coefficient (Wildman–Crippen LogP) is 3.56. The Labute approximate surface area is 236 Å². The molecule has 2 amide bonds. The molecule has 40 heavy (non-hydrogen) atoms. The Kier molecular flexibility index (Phi) is 7.23. The first-order valence-electron chi connectivity index (χ1n) is 11.7. The van der Waals surface area contributed by atoms with E-state index in [4.69, 9.17) is 11.6 Å². The molecule has 206 valence electrons. The molecule has 0 saturated carbocycles. The Balaban J connectivity index is 1.32. The van der Waals surface area contributed by atoms with Crippen LogP contribution in [0.25, 0.3) is 16.6 Å². The van der Waals surface area contributed by atoms with Gasteiger partial charge in [-0.05, 0) is 67.6 Å². The van der Waals surface area contributed by atoms with Gasteiger partial charge in [-0.25, -0.2) is 27.3 Å². The van der Waals surface area contributed by atoms with E-state index in [1.165, 1.54) is 36.4 Å². The van der Waals surface area contributed by atoms with Crippen molar-refractivity contribution in [3.05, 3.63) is 97.2 Å². The van der Waals surface area contributed by atoms with Crippen molar-refractivity contribution in [3.63, 3.8) is 0 Å². The second-order valence-corrected chi connectivity index (χ2v) is 12.4. The van der Waals surface area contributed by atoms with Crippen LogP contribution in [0.15, 0.2) is 74.5 Å². The van der Waals surface area contributed by atoms with E-state index in [2.05, 4.69) is 20.7 Å². The summed E-state index contributed by atoms with van der Waals surface area (Å²) in [6, 6.07) is 14.5. The second-order valence-electron chi connectivity index (χ2n) is 8.75. The van der Waals surface area contributed by atoms with E-state index in [1.54, 1.807) is 22.9 Å². The normalized spacial score (nSPS) is 11.5. The molecule has 0 aliphatic rings. The highest BCUT2D eigenvalue weighted by Gasteiger charge is 2.20. The number of benzene rings is 2. The van der Waals surface area contributed by atoms with Crippen LogP contribution in [0.4, 0.5) is 16.2 Å². The van der Waals surface area contributed by atoms with Crippen molar-refractivity contribution in [2.45, 2.75) is 17.7 Å². The van der Waals surface area contributed by atoms with Gasteiger partial charge in [-0.1, -0.05) is 11.6 Å². The molecule has 3 heterocycles. The van der Waals surface area contributed by atoms with Gasteiger partial charge in [0, 0.05) is 18.4 Å². The fourth-order valence-electron chi connectivity index (χ4n) is 4.05. The first-order chi connectivity index (χ1) is 19.0. The van der Waals surface area contributed by atoms with Gasteiger partial charge in [0.15, 0.2) is 0 Å². The van der Waals surface area contributed by atoms with Crippen molar-refractivity contribution in [1.82, 2.24) is 24.1 Å². The molecule has 0 radical (unpaired) electrons. The maximum Gasteiger partial charge on any atom is 0.333 e. The highest BCUT2D eigenvalue weighted by atomic mass is 35.5. The highest BCUT2D eigenvalue weighted by molar-refractivity contribution is 7.92. The summed E-state index contributed by atoms with van der Waals surface area (Å²) in [6.45, 7) is 2.42. The third-order valence-corrected chi connectivity index (χ3v) is 8.95. The molecule has 0 spiro atoms. The quantitative estimate of drug-likeness (QED) is 0.222. The Bertz CT molecular complexity index is 1980. The van der Waals surface area contributed by atoms with Gasteiger partial charge in [0.05, 0.1) is 38.9 Å².